The van der Waals surface area contributed by atoms with E-state index in [1.807, 2.05) is 50.2 Å². The normalized spacial score (nSPS) is 13.2. The minimum Gasteiger partial charge on any atom is -0.443 e. The predicted octanol–water partition coefficient (Wildman–Crippen LogP) is 4.99. The largest absolute Gasteiger partial charge is 0.443 e. The standard InChI is InChI=1S/C33H43N3O7S/c1-23(2)18-26-16-17-28(27(19-26)31(38)35-42-21-25-14-10-7-11-15-25)36-44(40,41)22-29(37)30(20-24-12-8-6-9-13-24)43-32(39)34-33(3,4)5/h6-17,19,23,29-30,36-37H,18,20-22H2,1-5H3,(H,34,39)(H,35,38)/t29-,30-/m0/s1. The van der Waals surface area contributed by atoms with E-state index in [0.717, 1.165) is 16.7 Å². The second kappa shape index (κ2) is 15.7. The van der Waals surface area contributed by atoms with Gasteiger partial charge in [-0.25, -0.2) is 18.7 Å². The minimum absolute atomic E-state index is 0.0246. The van der Waals surface area contributed by atoms with Crippen molar-refractivity contribution in [2.24, 2.45) is 5.92 Å². The van der Waals surface area contributed by atoms with Crippen molar-refractivity contribution in [1.29, 1.82) is 0 Å². The van der Waals surface area contributed by atoms with Crippen molar-refractivity contribution in [2.45, 2.75) is 71.8 Å². The summed E-state index contributed by atoms with van der Waals surface area (Å²) in [6, 6.07) is 23.2. The van der Waals surface area contributed by atoms with Gasteiger partial charge in [-0.15, -0.1) is 0 Å². The van der Waals surface area contributed by atoms with Crippen LogP contribution in [0, 0.1) is 5.92 Å². The molecule has 3 rings (SSSR count). The van der Waals surface area contributed by atoms with Gasteiger partial charge in [0.2, 0.25) is 10.0 Å². The molecule has 4 N–H and O–H groups in total. The zero-order valence-electron chi connectivity index (χ0n) is 25.9. The number of carbonyl (C=O) groups is 2. The number of carbonyl (C=O) groups excluding carboxylic acids is 2. The van der Waals surface area contributed by atoms with Crippen LogP contribution in [0.15, 0.2) is 78.9 Å². The third-order valence-corrected chi connectivity index (χ3v) is 7.63. The van der Waals surface area contributed by atoms with Crippen molar-refractivity contribution < 1.29 is 32.7 Å². The molecule has 0 radical (unpaired) electrons. The predicted molar refractivity (Wildman–Crippen MR) is 170 cm³/mol. The fraction of sp³-hybridized carbons (Fsp3) is 0.394. The van der Waals surface area contributed by atoms with Gasteiger partial charge in [-0.3, -0.25) is 14.4 Å². The average Bonchev–Trinajstić information content (AvgIpc) is 2.93. The van der Waals surface area contributed by atoms with E-state index in [0.29, 0.717) is 12.3 Å². The molecule has 0 saturated carbocycles. The Kier molecular flexibility index (Phi) is 12.3. The maximum absolute atomic E-state index is 13.3. The highest BCUT2D eigenvalue weighted by atomic mass is 32.2. The summed E-state index contributed by atoms with van der Waals surface area (Å²) in [6.07, 6.45) is -2.76. The van der Waals surface area contributed by atoms with Crippen LogP contribution in [0.5, 0.6) is 0 Å². The van der Waals surface area contributed by atoms with Crippen LogP contribution >= 0.6 is 0 Å². The molecule has 11 heteroatoms. The number of hydrogen-bond acceptors (Lipinski definition) is 7. The Morgan fingerprint density at radius 1 is 0.864 bits per heavy atom. The van der Waals surface area contributed by atoms with E-state index in [4.69, 9.17) is 9.57 Å². The second-order valence-electron chi connectivity index (χ2n) is 12.1. The van der Waals surface area contributed by atoms with Gasteiger partial charge in [-0.1, -0.05) is 80.6 Å². The summed E-state index contributed by atoms with van der Waals surface area (Å²) in [7, 11) is -4.23. The third kappa shape index (κ3) is 12.0. The van der Waals surface area contributed by atoms with E-state index in [-0.39, 0.29) is 24.3 Å². The van der Waals surface area contributed by atoms with Gasteiger partial charge in [0, 0.05) is 12.0 Å². The lowest BCUT2D eigenvalue weighted by Crippen LogP contribution is -2.46. The molecule has 0 bridgehead atoms. The molecular weight excluding hydrogens is 582 g/mol. The molecule has 0 aliphatic rings. The summed E-state index contributed by atoms with van der Waals surface area (Å²) in [6.45, 7) is 9.53. The highest BCUT2D eigenvalue weighted by molar-refractivity contribution is 7.92. The summed E-state index contributed by atoms with van der Waals surface area (Å²) < 4.78 is 34.6. The zero-order chi connectivity index (χ0) is 32.3. The molecule has 0 unspecified atom stereocenters. The molecule has 2 atom stereocenters. The molecule has 238 valence electrons. The van der Waals surface area contributed by atoms with Crippen molar-refractivity contribution in [2.75, 3.05) is 10.5 Å². The Bertz CT molecular complexity index is 1470. The van der Waals surface area contributed by atoms with Crippen molar-refractivity contribution in [1.82, 2.24) is 10.8 Å². The van der Waals surface area contributed by atoms with Gasteiger partial charge >= 0.3 is 6.09 Å². The van der Waals surface area contributed by atoms with E-state index in [1.54, 1.807) is 57.2 Å². The lowest BCUT2D eigenvalue weighted by molar-refractivity contribution is 0.0114. The fourth-order valence-corrected chi connectivity index (χ4v) is 5.66. The summed E-state index contributed by atoms with van der Waals surface area (Å²) in [5, 5.41) is 13.7. The van der Waals surface area contributed by atoms with Gasteiger partial charge in [0.15, 0.2) is 0 Å². The van der Waals surface area contributed by atoms with Crippen LogP contribution in [0.4, 0.5) is 10.5 Å². The number of alkyl carbamates (subject to hydrolysis) is 1. The Labute approximate surface area is 260 Å². The molecule has 0 saturated heterocycles. The van der Waals surface area contributed by atoms with E-state index < -0.39 is 45.5 Å². The van der Waals surface area contributed by atoms with Gasteiger partial charge in [0.25, 0.3) is 5.91 Å². The zero-order valence-corrected chi connectivity index (χ0v) is 26.7. The smallest absolute Gasteiger partial charge is 0.407 e. The summed E-state index contributed by atoms with van der Waals surface area (Å²) in [5.74, 6) is -1.11. The summed E-state index contributed by atoms with van der Waals surface area (Å²) >= 11 is 0. The number of sulfonamides is 1. The number of rotatable bonds is 14. The van der Waals surface area contributed by atoms with Crippen molar-refractivity contribution in [3.05, 3.63) is 101 Å². The molecule has 0 aliphatic heterocycles. The Balaban J connectivity index is 1.78. The van der Waals surface area contributed by atoms with Crippen molar-refractivity contribution in [3.63, 3.8) is 0 Å². The molecule has 0 aliphatic carbocycles. The maximum atomic E-state index is 13.3. The van der Waals surface area contributed by atoms with Crippen LogP contribution < -0.4 is 15.5 Å². The van der Waals surface area contributed by atoms with Gasteiger partial charge in [-0.2, -0.15) is 0 Å². The van der Waals surface area contributed by atoms with Gasteiger partial charge in [0.05, 0.1) is 23.6 Å². The highest BCUT2D eigenvalue weighted by Crippen LogP contribution is 2.22. The number of aliphatic hydroxyl groups excluding tert-OH is 1. The molecule has 0 fully saturated rings. The molecule has 0 aromatic heterocycles. The number of amides is 2. The highest BCUT2D eigenvalue weighted by Gasteiger charge is 2.30. The first-order valence-corrected chi connectivity index (χ1v) is 16.2. The van der Waals surface area contributed by atoms with Crippen LogP contribution in [0.3, 0.4) is 0 Å². The number of hydrogen-bond donors (Lipinski definition) is 4. The summed E-state index contributed by atoms with van der Waals surface area (Å²) in [5.41, 5.74) is 4.32. The van der Waals surface area contributed by atoms with Crippen molar-refractivity contribution >= 4 is 27.7 Å². The van der Waals surface area contributed by atoms with Gasteiger partial charge in [-0.05, 0) is 61.9 Å². The molecule has 0 heterocycles. The molecule has 44 heavy (non-hydrogen) atoms. The number of nitrogens with one attached hydrogen (secondary N) is 3. The van der Waals surface area contributed by atoms with Crippen LogP contribution in [0.2, 0.25) is 0 Å². The monoisotopic (exact) mass is 625 g/mol. The third-order valence-electron chi connectivity index (χ3n) is 6.32. The quantitative estimate of drug-likeness (QED) is 0.185. The molecular formula is C33H43N3O7S. The maximum Gasteiger partial charge on any atom is 0.407 e. The van der Waals surface area contributed by atoms with Crippen LogP contribution in [0.25, 0.3) is 0 Å². The molecule has 0 spiro atoms. The SMILES string of the molecule is CC(C)Cc1ccc(NS(=O)(=O)C[C@H](O)[C@H](Cc2ccccc2)OC(=O)NC(C)(C)C)c(C(=O)NOCc2ccccc2)c1. The van der Waals surface area contributed by atoms with Crippen LogP contribution in [0.1, 0.15) is 61.7 Å². The van der Waals surface area contributed by atoms with Gasteiger partial charge in [0.1, 0.15) is 12.2 Å². The molecule has 10 nitrogen and oxygen atoms in total. The topological polar surface area (TPSA) is 143 Å². The number of benzene rings is 3. The number of hydroxylamine groups is 1. The van der Waals surface area contributed by atoms with E-state index in [1.165, 1.54) is 6.07 Å². The Hall–Kier alpha value is -3.93. The fourth-order valence-electron chi connectivity index (χ4n) is 4.40. The lowest BCUT2D eigenvalue weighted by atomic mass is 10.00. The number of ether oxygens (including phenoxy) is 1. The van der Waals surface area contributed by atoms with E-state index in [2.05, 4.69) is 15.5 Å². The van der Waals surface area contributed by atoms with E-state index in [9.17, 15) is 23.1 Å². The van der Waals surface area contributed by atoms with Crippen LogP contribution in [-0.2, 0) is 39.0 Å². The molecule has 2 amide bonds. The van der Waals surface area contributed by atoms with E-state index >= 15 is 0 Å². The molecule has 3 aromatic carbocycles. The Morgan fingerprint density at radius 3 is 2.07 bits per heavy atom. The molecule has 3 aromatic rings. The average molecular weight is 626 g/mol. The lowest BCUT2D eigenvalue weighted by Gasteiger charge is -2.26. The number of aliphatic hydroxyl groups is 1. The first kappa shape index (κ1) is 34.6. The van der Waals surface area contributed by atoms with Crippen LogP contribution in [-0.4, -0.2) is 49.0 Å². The minimum atomic E-state index is -4.23. The first-order chi connectivity index (χ1) is 20.7. The second-order valence-corrected chi connectivity index (χ2v) is 13.9. The number of anilines is 1. The van der Waals surface area contributed by atoms with Crippen molar-refractivity contribution in [3.8, 4) is 0 Å². The Morgan fingerprint density at radius 2 is 1.48 bits per heavy atom. The first-order valence-electron chi connectivity index (χ1n) is 14.5. The van der Waals surface area contributed by atoms with Gasteiger partial charge < -0.3 is 15.2 Å². The summed E-state index contributed by atoms with van der Waals surface area (Å²) in [4.78, 5) is 31.1.